The van der Waals surface area contributed by atoms with Gasteiger partial charge in [-0.25, -0.2) is 4.79 Å². The summed E-state index contributed by atoms with van der Waals surface area (Å²) in [6.45, 7) is 0.921. The molecule has 0 aliphatic carbocycles. The molecule has 1 heterocycles. The maximum atomic E-state index is 10.9. The predicted octanol–water partition coefficient (Wildman–Crippen LogP) is 3.47. The van der Waals surface area contributed by atoms with E-state index in [1.54, 1.807) is 24.3 Å². The summed E-state index contributed by atoms with van der Waals surface area (Å²) in [5, 5.41) is 22.2. The average molecular weight is 337 g/mol. The van der Waals surface area contributed by atoms with Gasteiger partial charge in [0, 0.05) is 12.1 Å². The van der Waals surface area contributed by atoms with Crippen molar-refractivity contribution in [2.45, 2.75) is 12.6 Å². The molecule has 0 radical (unpaired) electrons. The van der Waals surface area contributed by atoms with Crippen molar-refractivity contribution in [2.24, 2.45) is 0 Å². The van der Waals surface area contributed by atoms with E-state index >= 15 is 0 Å². The molecule has 5 heteroatoms. The number of nitrogens with one attached hydrogen (secondary N) is 1. The molecule has 0 aliphatic rings. The fraction of sp³-hybridized carbons (Fsp3) is 0.150. The average Bonchev–Trinajstić information content (AvgIpc) is 3.11. The van der Waals surface area contributed by atoms with Crippen molar-refractivity contribution >= 4 is 5.97 Å². The van der Waals surface area contributed by atoms with Crippen molar-refractivity contribution in [3.05, 3.63) is 83.6 Å². The third kappa shape index (κ3) is 4.35. The number of rotatable bonds is 7. The van der Waals surface area contributed by atoms with Crippen LogP contribution in [0, 0.1) is 0 Å². The summed E-state index contributed by atoms with van der Waals surface area (Å²) in [5.41, 5.74) is 1.93. The Hall–Kier alpha value is -2.89. The van der Waals surface area contributed by atoms with Crippen molar-refractivity contribution in [2.75, 3.05) is 6.54 Å². The summed E-state index contributed by atoms with van der Waals surface area (Å²) in [4.78, 5) is 10.9. The summed E-state index contributed by atoms with van der Waals surface area (Å²) >= 11 is 0. The van der Waals surface area contributed by atoms with Crippen LogP contribution in [-0.4, -0.2) is 22.7 Å². The van der Waals surface area contributed by atoms with Crippen LogP contribution in [-0.2, 0) is 6.54 Å². The Kier molecular flexibility index (Phi) is 5.28. The van der Waals surface area contributed by atoms with E-state index in [1.165, 1.54) is 0 Å². The van der Waals surface area contributed by atoms with Crippen LogP contribution in [0.15, 0.2) is 71.1 Å². The van der Waals surface area contributed by atoms with Crippen LogP contribution in [0.25, 0.3) is 11.3 Å². The number of aliphatic hydroxyl groups is 1. The van der Waals surface area contributed by atoms with Crippen molar-refractivity contribution in [1.82, 2.24) is 5.32 Å². The molecule has 0 amide bonds. The van der Waals surface area contributed by atoms with Gasteiger partial charge in [-0.05, 0) is 29.8 Å². The number of carboxylic acid groups (broad SMARTS) is 1. The highest BCUT2D eigenvalue weighted by molar-refractivity contribution is 5.88. The molecule has 0 aliphatic heterocycles. The van der Waals surface area contributed by atoms with Crippen LogP contribution in [0.4, 0.5) is 0 Å². The van der Waals surface area contributed by atoms with Gasteiger partial charge in [-0.1, -0.05) is 42.5 Å². The van der Waals surface area contributed by atoms with Gasteiger partial charge in [-0.15, -0.1) is 0 Å². The lowest BCUT2D eigenvalue weighted by molar-refractivity contribution is 0.0697. The SMILES string of the molecule is O=C(O)c1ccc(-c2ccc(CNCC(O)c3ccccc3)o2)cc1. The molecule has 0 saturated heterocycles. The number of aromatic carboxylic acids is 1. The van der Waals surface area contributed by atoms with Crippen LogP contribution in [0.2, 0.25) is 0 Å². The smallest absolute Gasteiger partial charge is 0.335 e. The molecule has 5 nitrogen and oxygen atoms in total. The van der Waals surface area contributed by atoms with E-state index in [9.17, 15) is 9.90 Å². The first-order chi connectivity index (χ1) is 12.1. The second kappa shape index (κ2) is 7.79. The molecule has 25 heavy (non-hydrogen) atoms. The Morgan fingerprint density at radius 1 is 1.00 bits per heavy atom. The van der Waals surface area contributed by atoms with Gasteiger partial charge in [-0.3, -0.25) is 0 Å². The number of hydrogen-bond donors (Lipinski definition) is 3. The normalized spacial score (nSPS) is 12.0. The number of hydrogen-bond acceptors (Lipinski definition) is 4. The predicted molar refractivity (Wildman–Crippen MR) is 94.2 cm³/mol. The lowest BCUT2D eigenvalue weighted by atomic mass is 10.1. The van der Waals surface area contributed by atoms with Gasteiger partial charge in [0.25, 0.3) is 0 Å². The van der Waals surface area contributed by atoms with E-state index < -0.39 is 12.1 Å². The second-order valence-corrected chi connectivity index (χ2v) is 5.71. The molecule has 0 fully saturated rings. The quantitative estimate of drug-likeness (QED) is 0.615. The fourth-order valence-electron chi connectivity index (χ4n) is 2.53. The van der Waals surface area contributed by atoms with E-state index in [1.807, 2.05) is 42.5 Å². The lowest BCUT2D eigenvalue weighted by Crippen LogP contribution is -2.20. The number of aliphatic hydroxyl groups excluding tert-OH is 1. The number of furan rings is 1. The zero-order valence-corrected chi connectivity index (χ0v) is 13.6. The molecule has 0 saturated carbocycles. The van der Waals surface area contributed by atoms with E-state index in [-0.39, 0.29) is 5.56 Å². The highest BCUT2D eigenvalue weighted by Crippen LogP contribution is 2.22. The molecule has 3 aromatic rings. The Morgan fingerprint density at radius 2 is 1.72 bits per heavy atom. The first-order valence-corrected chi connectivity index (χ1v) is 7.99. The molecule has 1 unspecified atom stereocenters. The summed E-state index contributed by atoms with van der Waals surface area (Å²) in [5.74, 6) is 0.475. The Bertz CT molecular complexity index is 824. The van der Waals surface area contributed by atoms with Crippen molar-refractivity contribution < 1.29 is 19.4 Å². The largest absolute Gasteiger partial charge is 0.478 e. The van der Waals surface area contributed by atoms with Gasteiger partial charge in [-0.2, -0.15) is 0 Å². The molecular weight excluding hydrogens is 318 g/mol. The molecule has 1 atom stereocenters. The second-order valence-electron chi connectivity index (χ2n) is 5.71. The van der Waals surface area contributed by atoms with Crippen molar-refractivity contribution in [1.29, 1.82) is 0 Å². The summed E-state index contributed by atoms with van der Waals surface area (Å²) < 4.78 is 5.77. The molecule has 1 aromatic heterocycles. The van der Waals surface area contributed by atoms with Crippen molar-refractivity contribution in [3.63, 3.8) is 0 Å². The number of carboxylic acids is 1. The number of benzene rings is 2. The molecular formula is C20H19NO4. The van der Waals surface area contributed by atoms with Crippen LogP contribution in [0.5, 0.6) is 0 Å². The standard InChI is InChI=1S/C20H19NO4/c22-18(14-4-2-1-3-5-14)13-21-12-17-10-11-19(25-17)15-6-8-16(9-7-15)20(23)24/h1-11,18,21-22H,12-13H2,(H,23,24). The zero-order chi connectivity index (χ0) is 17.6. The minimum atomic E-state index is -0.951. The van der Waals surface area contributed by atoms with Gasteiger partial charge in [0.1, 0.15) is 11.5 Å². The lowest BCUT2D eigenvalue weighted by Gasteiger charge is -2.11. The molecule has 2 aromatic carbocycles. The van der Waals surface area contributed by atoms with Crippen molar-refractivity contribution in [3.8, 4) is 11.3 Å². The third-order valence-electron chi connectivity index (χ3n) is 3.90. The van der Waals surface area contributed by atoms with Crippen LogP contribution >= 0.6 is 0 Å². The highest BCUT2D eigenvalue weighted by atomic mass is 16.4. The summed E-state index contributed by atoms with van der Waals surface area (Å²) in [6.07, 6.45) is -0.570. The van der Waals surface area contributed by atoms with E-state index in [0.29, 0.717) is 18.8 Å². The van der Waals surface area contributed by atoms with E-state index in [0.717, 1.165) is 16.9 Å². The highest BCUT2D eigenvalue weighted by Gasteiger charge is 2.09. The molecule has 128 valence electrons. The first kappa shape index (κ1) is 17.0. The van der Waals surface area contributed by atoms with Gasteiger partial charge < -0.3 is 19.9 Å². The van der Waals surface area contributed by atoms with Gasteiger partial charge in [0.15, 0.2) is 0 Å². The molecule has 3 N–H and O–H groups in total. The topological polar surface area (TPSA) is 82.7 Å². The van der Waals surface area contributed by atoms with Crippen LogP contribution in [0.3, 0.4) is 0 Å². The monoisotopic (exact) mass is 337 g/mol. The van der Waals surface area contributed by atoms with E-state index in [2.05, 4.69) is 5.32 Å². The molecule has 0 spiro atoms. The molecule has 3 rings (SSSR count). The maximum Gasteiger partial charge on any atom is 0.335 e. The first-order valence-electron chi connectivity index (χ1n) is 7.99. The van der Waals surface area contributed by atoms with Gasteiger partial charge in [0.05, 0.1) is 18.2 Å². The Labute approximate surface area is 145 Å². The fourth-order valence-corrected chi connectivity index (χ4v) is 2.53. The Balaban J connectivity index is 1.56. The third-order valence-corrected chi connectivity index (χ3v) is 3.90. The van der Waals surface area contributed by atoms with Gasteiger partial charge in [0.2, 0.25) is 0 Å². The molecule has 0 bridgehead atoms. The van der Waals surface area contributed by atoms with Gasteiger partial charge >= 0.3 is 5.97 Å². The maximum absolute atomic E-state index is 10.9. The zero-order valence-electron chi connectivity index (χ0n) is 13.6. The summed E-state index contributed by atoms with van der Waals surface area (Å²) in [7, 11) is 0. The minimum Gasteiger partial charge on any atom is -0.478 e. The summed E-state index contributed by atoms with van der Waals surface area (Å²) in [6, 6.07) is 19.7. The minimum absolute atomic E-state index is 0.243. The van der Waals surface area contributed by atoms with E-state index in [4.69, 9.17) is 9.52 Å². The van der Waals surface area contributed by atoms with Crippen LogP contribution in [0.1, 0.15) is 27.8 Å². The van der Waals surface area contributed by atoms with Crippen LogP contribution < -0.4 is 5.32 Å². The Morgan fingerprint density at radius 3 is 2.40 bits per heavy atom. The number of carbonyl (C=O) groups is 1.